The van der Waals surface area contributed by atoms with Gasteiger partial charge in [-0.25, -0.2) is 23.1 Å². The largest absolute Gasteiger partial charge is 0.370 e. The molecule has 1 aliphatic heterocycles. The zero-order chi connectivity index (χ0) is 24.9. The highest BCUT2D eigenvalue weighted by Crippen LogP contribution is 2.33. The Labute approximate surface area is 198 Å². The predicted molar refractivity (Wildman–Crippen MR) is 125 cm³/mol. The summed E-state index contributed by atoms with van der Waals surface area (Å²) >= 11 is 0. The predicted octanol–water partition coefficient (Wildman–Crippen LogP) is 4.00. The molecule has 35 heavy (non-hydrogen) atoms. The van der Waals surface area contributed by atoms with Gasteiger partial charge in [-0.1, -0.05) is 0 Å². The fraction of sp³-hybridized carbons (Fsp3) is 0.280. The van der Waals surface area contributed by atoms with Crippen molar-refractivity contribution in [2.45, 2.75) is 20.0 Å². The van der Waals surface area contributed by atoms with Crippen LogP contribution in [0.2, 0.25) is 0 Å². The average molecular weight is 481 g/mol. The Morgan fingerprint density at radius 3 is 2.57 bits per heavy atom. The van der Waals surface area contributed by atoms with Crippen LogP contribution in [0.25, 0.3) is 22.2 Å². The normalized spacial score (nSPS) is 16.2. The molecule has 0 aliphatic carbocycles. The van der Waals surface area contributed by atoms with Gasteiger partial charge in [-0.3, -0.25) is 14.3 Å². The smallest absolute Gasteiger partial charge is 0.261 e. The molecular formula is C25H22F3N5O2. The van der Waals surface area contributed by atoms with Gasteiger partial charge in [0.25, 0.3) is 5.56 Å². The molecule has 0 spiro atoms. The average Bonchev–Trinajstić information content (AvgIpc) is 2.85. The second kappa shape index (κ2) is 8.77. The van der Waals surface area contributed by atoms with Crippen LogP contribution in [-0.4, -0.2) is 39.2 Å². The van der Waals surface area contributed by atoms with Gasteiger partial charge in [0.15, 0.2) is 11.6 Å². The topological polar surface area (TPSA) is 73.1 Å². The number of aryl methyl sites for hydroxylation is 2. The lowest BCUT2D eigenvalue weighted by atomic mass is 10.1. The number of halogens is 3. The Bertz CT molecular complexity index is 1520. The number of fused-ring (bicyclic) bond motifs is 1. The van der Waals surface area contributed by atoms with E-state index in [4.69, 9.17) is 4.74 Å². The van der Waals surface area contributed by atoms with Gasteiger partial charge < -0.3 is 9.64 Å². The highest BCUT2D eigenvalue weighted by molar-refractivity contribution is 5.93. The highest BCUT2D eigenvalue weighted by atomic mass is 19.2. The van der Waals surface area contributed by atoms with Crippen molar-refractivity contribution in [3.8, 4) is 11.3 Å². The number of morpholine rings is 1. The summed E-state index contributed by atoms with van der Waals surface area (Å²) in [5.74, 6) is -2.77. The molecule has 180 valence electrons. The summed E-state index contributed by atoms with van der Waals surface area (Å²) < 4.78 is 49.9. The lowest BCUT2D eigenvalue weighted by Gasteiger charge is -2.34. The number of aromatic nitrogens is 4. The molecule has 5 rings (SSSR count). The SMILES string of the molecule is Cc1cc([C@@H]2CN(c3cc4c(=O)n(C)c(C)nc4c(-c4cc(F)c(F)cc4F)n3)CCO2)ccn1. The van der Waals surface area contributed by atoms with E-state index < -0.39 is 17.5 Å². The maximum atomic E-state index is 14.8. The quantitative estimate of drug-likeness (QED) is 0.412. The summed E-state index contributed by atoms with van der Waals surface area (Å²) in [6.07, 6.45) is 1.44. The summed E-state index contributed by atoms with van der Waals surface area (Å²) in [5, 5.41) is 0.199. The first-order valence-electron chi connectivity index (χ1n) is 11.1. The summed E-state index contributed by atoms with van der Waals surface area (Å²) in [6, 6.07) is 6.62. The van der Waals surface area contributed by atoms with E-state index in [1.165, 1.54) is 4.57 Å². The van der Waals surface area contributed by atoms with Crippen molar-refractivity contribution in [2.24, 2.45) is 7.05 Å². The molecule has 10 heteroatoms. The van der Waals surface area contributed by atoms with E-state index in [-0.39, 0.29) is 33.8 Å². The molecule has 7 nitrogen and oxygen atoms in total. The van der Waals surface area contributed by atoms with Gasteiger partial charge in [-0.15, -0.1) is 0 Å². The van der Waals surface area contributed by atoms with Crippen LogP contribution < -0.4 is 10.5 Å². The van der Waals surface area contributed by atoms with Crippen molar-refractivity contribution in [2.75, 3.05) is 24.6 Å². The van der Waals surface area contributed by atoms with Crippen LogP contribution in [-0.2, 0) is 11.8 Å². The molecule has 1 aliphatic rings. The molecule has 0 N–H and O–H groups in total. The first-order valence-corrected chi connectivity index (χ1v) is 11.1. The number of rotatable bonds is 3. The molecule has 0 radical (unpaired) electrons. The molecule has 4 aromatic rings. The number of anilines is 1. The molecule has 0 bridgehead atoms. The van der Waals surface area contributed by atoms with Crippen molar-refractivity contribution in [3.05, 3.63) is 81.4 Å². The number of ether oxygens (including phenoxy) is 1. The van der Waals surface area contributed by atoms with Crippen LogP contribution in [0.1, 0.15) is 23.2 Å². The Morgan fingerprint density at radius 1 is 1.03 bits per heavy atom. The lowest BCUT2D eigenvalue weighted by Crippen LogP contribution is -2.39. The van der Waals surface area contributed by atoms with Gasteiger partial charge in [-0.2, -0.15) is 0 Å². The van der Waals surface area contributed by atoms with Gasteiger partial charge in [-0.05, 0) is 43.7 Å². The number of benzene rings is 1. The molecule has 3 aromatic heterocycles. The number of pyridine rings is 2. The van der Waals surface area contributed by atoms with E-state index in [0.717, 1.165) is 17.3 Å². The maximum Gasteiger partial charge on any atom is 0.261 e. The van der Waals surface area contributed by atoms with E-state index in [9.17, 15) is 18.0 Å². The van der Waals surface area contributed by atoms with Gasteiger partial charge in [0.1, 0.15) is 34.8 Å². The minimum atomic E-state index is -1.31. The molecular weight excluding hydrogens is 459 g/mol. The van der Waals surface area contributed by atoms with Crippen LogP contribution in [0, 0.1) is 31.3 Å². The second-order valence-corrected chi connectivity index (χ2v) is 8.53. The van der Waals surface area contributed by atoms with Gasteiger partial charge in [0.05, 0.1) is 12.0 Å². The fourth-order valence-electron chi connectivity index (χ4n) is 4.25. The Kier molecular flexibility index (Phi) is 5.76. The van der Waals surface area contributed by atoms with Crippen molar-refractivity contribution in [1.29, 1.82) is 0 Å². The third-order valence-corrected chi connectivity index (χ3v) is 6.22. The Morgan fingerprint density at radius 2 is 1.80 bits per heavy atom. The van der Waals surface area contributed by atoms with Crippen LogP contribution in [0.4, 0.5) is 19.0 Å². The van der Waals surface area contributed by atoms with Crippen LogP contribution in [0.15, 0.2) is 41.3 Å². The van der Waals surface area contributed by atoms with Gasteiger partial charge >= 0.3 is 0 Å². The van der Waals surface area contributed by atoms with Crippen molar-refractivity contribution in [1.82, 2.24) is 19.5 Å². The second-order valence-electron chi connectivity index (χ2n) is 8.53. The first-order chi connectivity index (χ1) is 16.7. The third kappa shape index (κ3) is 4.14. The first kappa shape index (κ1) is 23.0. The van der Waals surface area contributed by atoms with Crippen LogP contribution in [0.3, 0.4) is 0 Å². The van der Waals surface area contributed by atoms with Crippen LogP contribution in [0.5, 0.6) is 0 Å². The number of nitrogens with zero attached hydrogens (tertiary/aromatic N) is 5. The maximum absolute atomic E-state index is 14.8. The fourth-order valence-corrected chi connectivity index (χ4v) is 4.25. The molecule has 1 fully saturated rings. The zero-order valence-corrected chi connectivity index (χ0v) is 19.3. The molecule has 1 aromatic carbocycles. The lowest BCUT2D eigenvalue weighted by molar-refractivity contribution is 0.0394. The molecule has 0 amide bonds. The van der Waals surface area contributed by atoms with E-state index in [1.54, 1.807) is 26.2 Å². The summed E-state index contributed by atoms with van der Waals surface area (Å²) in [7, 11) is 1.58. The van der Waals surface area contributed by atoms with Crippen molar-refractivity contribution < 1.29 is 17.9 Å². The third-order valence-electron chi connectivity index (χ3n) is 6.22. The van der Waals surface area contributed by atoms with E-state index >= 15 is 0 Å². The molecule has 0 unspecified atom stereocenters. The van der Waals surface area contributed by atoms with Crippen molar-refractivity contribution in [3.63, 3.8) is 0 Å². The molecule has 1 atom stereocenters. The standard InChI is InChI=1S/C25H22F3N5O2/c1-13-8-15(4-5-29-13)21-12-33(6-7-35-21)22-10-17-24(30-14(2)32(3)25(17)34)23(31-22)16-9-19(27)20(28)11-18(16)26/h4-5,8-11,21H,6-7,12H2,1-3H3/t21-/m0/s1. The summed E-state index contributed by atoms with van der Waals surface area (Å²) in [6.45, 7) is 4.80. The highest BCUT2D eigenvalue weighted by Gasteiger charge is 2.26. The minimum absolute atomic E-state index is 0.0301. The van der Waals surface area contributed by atoms with E-state index in [2.05, 4.69) is 15.0 Å². The van der Waals surface area contributed by atoms with Gasteiger partial charge in [0.2, 0.25) is 0 Å². The zero-order valence-electron chi connectivity index (χ0n) is 19.3. The number of hydrogen-bond donors (Lipinski definition) is 0. The summed E-state index contributed by atoms with van der Waals surface area (Å²) in [5.41, 5.74) is 1.27. The van der Waals surface area contributed by atoms with Gasteiger partial charge in [0, 0.05) is 43.7 Å². The minimum Gasteiger partial charge on any atom is -0.370 e. The van der Waals surface area contributed by atoms with E-state index in [0.29, 0.717) is 37.4 Å². The van der Waals surface area contributed by atoms with Crippen molar-refractivity contribution >= 4 is 16.7 Å². The molecule has 4 heterocycles. The summed E-state index contributed by atoms with van der Waals surface area (Å²) in [4.78, 5) is 28.3. The van der Waals surface area contributed by atoms with Crippen LogP contribution >= 0.6 is 0 Å². The number of hydrogen-bond acceptors (Lipinski definition) is 6. The molecule has 0 saturated carbocycles. The Hall–Kier alpha value is -3.79. The molecule has 1 saturated heterocycles. The van der Waals surface area contributed by atoms with E-state index in [1.807, 2.05) is 24.0 Å². The monoisotopic (exact) mass is 481 g/mol. The Balaban J connectivity index is 1.68.